The zero-order valence-corrected chi connectivity index (χ0v) is 20.1. The molecule has 1 aliphatic heterocycles. The van der Waals surface area contributed by atoms with Crippen LogP contribution < -0.4 is 11.1 Å². The number of nitrogens with zero attached hydrogens (tertiary/aromatic N) is 3. The Morgan fingerprint density at radius 1 is 1.14 bits per heavy atom. The summed E-state index contributed by atoms with van der Waals surface area (Å²) in [7, 11) is 2.70. The van der Waals surface area contributed by atoms with Crippen molar-refractivity contribution < 1.29 is 38.3 Å². The third kappa shape index (κ3) is 15.4. The second kappa shape index (κ2) is 19.2. The van der Waals surface area contributed by atoms with E-state index in [1.807, 2.05) is 35.2 Å². The summed E-state index contributed by atoms with van der Waals surface area (Å²) in [5.41, 5.74) is 5.97. The van der Waals surface area contributed by atoms with Crippen LogP contribution in [0.5, 0.6) is 0 Å². The number of nitrogens with one attached hydrogen (secondary N) is 1. The molecule has 2 aromatic rings. The van der Waals surface area contributed by atoms with E-state index in [-0.39, 0.29) is 0 Å². The maximum atomic E-state index is 10.6. The molecule has 5 N–H and O–H groups in total. The Bertz CT molecular complexity index is 805. The minimum atomic E-state index is -4.64. The smallest absolute Gasteiger partial charge is 0.400 e. The van der Waals surface area contributed by atoms with Gasteiger partial charge in [0.2, 0.25) is 12.7 Å². The molecule has 1 aliphatic rings. The van der Waals surface area contributed by atoms with Gasteiger partial charge in [0.05, 0.1) is 6.61 Å². The molecule has 3 rings (SSSR count). The lowest BCUT2D eigenvalue weighted by Crippen LogP contribution is -2.48. The second-order valence-electron chi connectivity index (χ2n) is 7.15. The molecule has 0 radical (unpaired) electrons. The van der Waals surface area contributed by atoms with Crippen LogP contribution in [0.15, 0.2) is 42.7 Å². The maximum absolute atomic E-state index is 10.6. The summed E-state index contributed by atoms with van der Waals surface area (Å²) in [4.78, 5) is 29.7. The summed E-state index contributed by atoms with van der Waals surface area (Å²) in [5.74, 6) is 1.44. The fourth-order valence-electron chi connectivity index (χ4n) is 2.94. The third-order valence-electron chi connectivity index (χ3n) is 4.65. The number of piperidine rings is 1. The number of anilines is 1. The van der Waals surface area contributed by atoms with E-state index in [1.165, 1.54) is 5.56 Å². The van der Waals surface area contributed by atoms with Crippen molar-refractivity contribution in [2.24, 2.45) is 5.92 Å². The molecule has 1 aromatic carbocycles. The van der Waals surface area contributed by atoms with Crippen LogP contribution in [0.3, 0.4) is 0 Å². The van der Waals surface area contributed by atoms with Crippen molar-refractivity contribution in [1.82, 2.24) is 14.9 Å². The molecule has 1 amide bonds. The Balaban J connectivity index is 0.000000567. The number of aldehydes is 1. The van der Waals surface area contributed by atoms with Gasteiger partial charge in [0.25, 0.3) is 0 Å². The predicted molar refractivity (Wildman–Crippen MR) is 125 cm³/mol. The van der Waals surface area contributed by atoms with Crippen molar-refractivity contribution in [3.8, 4) is 0 Å². The molecular formula is C23H35F3N5O4+. The molecule has 0 unspecified atom stereocenters. The zero-order chi connectivity index (χ0) is 26.5. The fourth-order valence-corrected chi connectivity index (χ4v) is 2.94. The molecule has 12 heteroatoms. The van der Waals surface area contributed by atoms with Crippen LogP contribution in [0.25, 0.3) is 0 Å². The van der Waals surface area contributed by atoms with Gasteiger partial charge in [-0.25, -0.2) is 9.97 Å². The highest BCUT2D eigenvalue weighted by Crippen LogP contribution is 2.17. The standard InChI is InChI=1S/C12H19N5O.C8H10O.C2HF3O.CH4O/c13-7-11-12(15-4-3-14-11)16-8-10-1-5-17(9-18)6-2-10;1-9-7-8-5-3-2-4-6-8;3-2(4,5)1-6;1-2/h3-4,9-10H,1-2,5-8,13H2,(H,15,16);2-6H,7H2,1H3;1H;2H,1H3/p+1. The Morgan fingerprint density at radius 3 is 2.20 bits per heavy atom. The lowest BCUT2D eigenvalue weighted by Gasteiger charge is -2.29. The van der Waals surface area contributed by atoms with E-state index in [4.69, 9.17) is 14.6 Å². The molecule has 35 heavy (non-hydrogen) atoms. The average molecular weight is 503 g/mol. The molecule has 0 aliphatic carbocycles. The van der Waals surface area contributed by atoms with Gasteiger partial charge in [0.15, 0.2) is 5.82 Å². The van der Waals surface area contributed by atoms with Gasteiger partial charge in [0.1, 0.15) is 12.2 Å². The van der Waals surface area contributed by atoms with Crippen molar-refractivity contribution in [3.05, 3.63) is 54.0 Å². The molecule has 0 bridgehead atoms. The number of halogens is 3. The average Bonchev–Trinajstić information content (AvgIpc) is 2.90. The number of hydrogen-bond acceptors (Lipinski definition) is 7. The number of quaternary nitrogens is 1. The quantitative estimate of drug-likeness (QED) is 0.491. The Kier molecular flexibility index (Phi) is 17.5. The number of alkyl halides is 3. The lowest BCUT2D eigenvalue weighted by atomic mass is 9.97. The number of carbonyl (C=O) groups excluding carboxylic acids is 2. The highest BCUT2D eigenvalue weighted by Gasteiger charge is 2.25. The summed E-state index contributed by atoms with van der Waals surface area (Å²) in [6, 6.07) is 10.1. The first-order valence-electron chi connectivity index (χ1n) is 10.9. The number of aliphatic hydroxyl groups excluding tert-OH is 1. The van der Waals surface area contributed by atoms with Crippen LogP contribution in [0.1, 0.15) is 24.1 Å². The van der Waals surface area contributed by atoms with E-state index in [0.717, 1.165) is 57.5 Å². The SMILES string of the molecule is CO.COCc1ccccc1.O=CC(F)(F)F.[NH3+]Cc1nccnc1NCC1CCN(C=O)CC1. The van der Waals surface area contributed by atoms with Crippen molar-refractivity contribution in [3.63, 3.8) is 0 Å². The van der Waals surface area contributed by atoms with E-state index in [2.05, 4.69) is 21.0 Å². The van der Waals surface area contributed by atoms with Gasteiger partial charge >= 0.3 is 6.18 Å². The number of hydrogen-bond donors (Lipinski definition) is 3. The van der Waals surface area contributed by atoms with Crippen LogP contribution in [-0.4, -0.2) is 72.7 Å². The van der Waals surface area contributed by atoms with Crippen LogP contribution in [0, 0.1) is 5.92 Å². The molecule has 196 valence electrons. The van der Waals surface area contributed by atoms with Gasteiger partial charge in [-0.2, -0.15) is 13.2 Å². The minimum Gasteiger partial charge on any atom is -0.400 e. The van der Waals surface area contributed by atoms with Crippen LogP contribution in [0.4, 0.5) is 19.0 Å². The van der Waals surface area contributed by atoms with E-state index < -0.39 is 12.5 Å². The van der Waals surface area contributed by atoms with E-state index in [9.17, 15) is 18.0 Å². The first-order valence-corrected chi connectivity index (χ1v) is 10.9. The summed E-state index contributed by atoms with van der Waals surface area (Å²) in [6.45, 7) is 3.95. The van der Waals surface area contributed by atoms with Gasteiger partial charge < -0.3 is 25.8 Å². The van der Waals surface area contributed by atoms with Gasteiger partial charge in [-0.05, 0) is 24.3 Å². The van der Waals surface area contributed by atoms with Gasteiger partial charge in [-0.15, -0.1) is 0 Å². The van der Waals surface area contributed by atoms with E-state index in [1.54, 1.807) is 19.5 Å². The van der Waals surface area contributed by atoms with Gasteiger partial charge in [-0.1, -0.05) is 30.3 Å². The Labute approximate surface area is 203 Å². The lowest BCUT2D eigenvalue weighted by molar-refractivity contribution is -0.387. The monoisotopic (exact) mass is 502 g/mol. The normalized spacial score (nSPS) is 13.1. The highest BCUT2D eigenvalue weighted by atomic mass is 19.4. The number of methoxy groups -OCH3 is 1. The molecule has 0 atom stereocenters. The molecular weight excluding hydrogens is 467 g/mol. The summed E-state index contributed by atoms with van der Waals surface area (Å²) < 4.78 is 36.2. The number of ether oxygens (including phenoxy) is 1. The number of aromatic nitrogens is 2. The molecule has 0 spiro atoms. The highest BCUT2D eigenvalue weighted by molar-refractivity contribution is 5.56. The second-order valence-corrected chi connectivity index (χ2v) is 7.15. The maximum Gasteiger partial charge on any atom is 0.446 e. The summed E-state index contributed by atoms with van der Waals surface area (Å²) in [6.07, 6.45) is 0.711. The molecule has 1 saturated heterocycles. The largest absolute Gasteiger partial charge is 0.446 e. The van der Waals surface area contributed by atoms with Crippen LogP contribution >= 0.6 is 0 Å². The molecule has 2 heterocycles. The Hall–Kier alpha value is -3.09. The van der Waals surface area contributed by atoms with Crippen LogP contribution in [-0.2, 0) is 27.5 Å². The number of carbonyl (C=O) groups is 2. The van der Waals surface area contributed by atoms with E-state index in [0.29, 0.717) is 19.1 Å². The number of rotatable bonds is 7. The first-order chi connectivity index (χ1) is 16.8. The van der Waals surface area contributed by atoms with Gasteiger partial charge in [0, 0.05) is 46.2 Å². The Morgan fingerprint density at radius 2 is 1.71 bits per heavy atom. The van der Waals surface area contributed by atoms with Gasteiger partial charge in [-0.3, -0.25) is 9.59 Å². The molecule has 9 nitrogen and oxygen atoms in total. The number of amides is 1. The third-order valence-corrected chi connectivity index (χ3v) is 4.65. The summed E-state index contributed by atoms with van der Waals surface area (Å²) >= 11 is 0. The number of benzene rings is 1. The van der Waals surface area contributed by atoms with Crippen LogP contribution in [0.2, 0.25) is 0 Å². The topological polar surface area (TPSA) is 132 Å². The molecule has 1 aromatic heterocycles. The predicted octanol–water partition coefficient (Wildman–Crippen LogP) is 1.69. The van der Waals surface area contributed by atoms with E-state index >= 15 is 0 Å². The molecule has 1 fully saturated rings. The van der Waals surface area contributed by atoms with Crippen molar-refractivity contribution >= 4 is 18.5 Å². The van der Waals surface area contributed by atoms with Crippen molar-refractivity contribution in [2.75, 3.05) is 39.2 Å². The zero-order valence-electron chi connectivity index (χ0n) is 20.1. The van der Waals surface area contributed by atoms with Crippen molar-refractivity contribution in [2.45, 2.75) is 32.2 Å². The van der Waals surface area contributed by atoms with Crippen molar-refractivity contribution in [1.29, 1.82) is 0 Å². The number of likely N-dealkylation sites (tertiary alicyclic amines) is 1. The summed E-state index contributed by atoms with van der Waals surface area (Å²) in [5, 5.41) is 10.3. The first kappa shape index (κ1) is 31.9. The minimum absolute atomic E-state index is 0.598. The number of aliphatic hydroxyl groups is 1. The fraction of sp³-hybridized carbons (Fsp3) is 0.478. The molecule has 0 saturated carbocycles.